The van der Waals surface area contributed by atoms with Crippen molar-refractivity contribution in [3.8, 4) is 5.75 Å². The van der Waals surface area contributed by atoms with Gasteiger partial charge in [0.25, 0.3) is 5.91 Å². The van der Waals surface area contributed by atoms with E-state index in [1.807, 2.05) is 82.3 Å². The van der Waals surface area contributed by atoms with Gasteiger partial charge in [-0.25, -0.2) is 8.42 Å². The Morgan fingerprint density at radius 1 is 0.953 bits per heavy atom. The number of nitrogens with one attached hydrogen (secondary N) is 2. The molecule has 43 heavy (non-hydrogen) atoms. The average Bonchev–Trinajstić information content (AvgIpc) is 3.24. The Hall–Kier alpha value is -3.57. The molecule has 2 heterocycles. The van der Waals surface area contributed by atoms with Gasteiger partial charge in [0.2, 0.25) is 15.9 Å². The number of para-hydroxylation sites is 1. The molecule has 0 spiro atoms. The summed E-state index contributed by atoms with van der Waals surface area (Å²) in [7, 11) is -0.278. The number of hydrogen-bond donors (Lipinski definition) is 2. The van der Waals surface area contributed by atoms with Crippen LogP contribution in [-0.4, -0.2) is 74.1 Å². The molecular formula is C32H45N5O5S. The topological polar surface area (TPSA) is 113 Å². The molecule has 1 aliphatic rings. The molecule has 10 nitrogen and oxygen atoms in total. The minimum Gasteiger partial charge on any atom is -0.492 e. The van der Waals surface area contributed by atoms with Gasteiger partial charge in [-0.2, -0.15) is 0 Å². The van der Waals surface area contributed by atoms with E-state index < -0.39 is 15.4 Å². The van der Waals surface area contributed by atoms with Gasteiger partial charge in [0.1, 0.15) is 5.69 Å². The molecule has 2 aromatic carbocycles. The molecule has 1 aromatic heterocycles. The first-order valence-corrected chi connectivity index (χ1v) is 16.4. The second kappa shape index (κ2) is 11.8. The van der Waals surface area contributed by atoms with Gasteiger partial charge in [0.05, 0.1) is 30.3 Å². The van der Waals surface area contributed by atoms with Crippen LogP contribution in [0.3, 0.4) is 0 Å². The van der Waals surface area contributed by atoms with Gasteiger partial charge < -0.3 is 19.5 Å². The Morgan fingerprint density at radius 3 is 2.14 bits per heavy atom. The number of nitrogens with zero attached hydrogens (tertiary/aromatic N) is 3. The van der Waals surface area contributed by atoms with Gasteiger partial charge in [-0.05, 0) is 34.7 Å². The number of carbonyl (C=O) groups excluding carboxylic acids is 2. The second-order valence-corrected chi connectivity index (χ2v) is 15.2. The van der Waals surface area contributed by atoms with Crippen LogP contribution in [0.15, 0.2) is 36.4 Å². The largest absolute Gasteiger partial charge is 0.492 e. The molecule has 0 radical (unpaired) electrons. The molecule has 1 saturated heterocycles. The molecule has 2 N–H and O–H groups in total. The minimum atomic E-state index is -3.59. The summed E-state index contributed by atoms with van der Waals surface area (Å²) < 4.78 is 34.2. The summed E-state index contributed by atoms with van der Waals surface area (Å²) in [6.07, 6.45) is 1.08. The van der Waals surface area contributed by atoms with Crippen LogP contribution in [0.2, 0.25) is 0 Å². The minimum absolute atomic E-state index is 0.177. The zero-order chi connectivity index (χ0) is 31.9. The van der Waals surface area contributed by atoms with Gasteiger partial charge >= 0.3 is 0 Å². The zero-order valence-electron chi connectivity index (χ0n) is 26.8. The number of piperazine rings is 1. The molecule has 0 aliphatic carbocycles. The second-order valence-electron chi connectivity index (χ2n) is 13.4. The molecule has 234 valence electrons. The fraction of sp³-hybridized carbons (Fsp3) is 0.500. The molecule has 0 unspecified atom stereocenters. The molecule has 2 amide bonds. The molecule has 0 atom stereocenters. The highest BCUT2D eigenvalue weighted by atomic mass is 32.2. The van der Waals surface area contributed by atoms with Crippen molar-refractivity contribution in [1.29, 1.82) is 0 Å². The Kier molecular flexibility index (Phi) is 8.91. The van der Waals surface area contributed by atoms with Gasteiger partial charge in [0.15, 0.2) is 5.75 Å². The average molecular weight is 612 g/mol. The van der Waals surface area contributed by atoms with Crippen LogP contribution in [0, 0.1) is 5.41 Å². The van der Waals surface area contributed by atoms with E-state index in [9.17, 15) is 18.0 Å². The molecule has 3 aromatic rings. The van der Waals surface area contributed by atoms with Crippen LogP contribution in [0.4, 0.5) is 11.4 Å². The van der Waals surface area contributed by atoms with Gasteiger partial charge in [-0.1, -0.05) is 59.7 Å². The van der Waals surface area contributed by atoms with Crippen molar-refractivity contribution in [2.45, 2.75) is 53.5 Å². The Bertz CT molecular complexity index is 1640. The van der Waals surface area contributed by atoms with Gasteiger partial charge in [-0.15, -0.1) is 0 Å². The van der Waals surface area contributed by atoms with E-state index in [2.05, 4.69) is 21.0 Å². The molecule has 11 heteroatoms. The summed E-state index contributed by atoms with van der Waals surface area (Å²) >= 11 is 0. The first-order valence-electron chi connectivity index (χ1n) is 14.5. The maximum atomic E-state index is 13.7. The monoisotopic (exact) mass is 611 g/mol. The van der Waals surface area contributed by atoms with E-state index in [0.29, 0.717) is 31.0 Å². The summed E-state index contributed by atoms with van der Waals surface area (Å²) in [5.74, 6) is 0.0696. The van der Waals surface area contributed by atoms with Crippen molar-refractivity contribution in [2.24, 2.45) is 12.5 Å². The summed E-state index contributed by atoms with van der Waals surface area (Å²) in [4.78, 5) is 30.7. The van der Waals surface area contributed by atoms with Crippen molar-refractivity contribution in [1.82, 2.24) is 14.4 Å². The first kappa shape index (κ1) is 32.3. The van der Waals surface area contributed by atoms with E-state index in [1.54, 1.807) is 6.07 Å². The standard InChI is InChI=1S/C32H45N5O5S/c1-31(2,3)23-18-24(28(42-8)25(19-23)34-43(9,40)41)33-29(38)26-17-21-11-10-12-22(27(21)35(26)7)20-36-13-15-37(16-14-36)30(39)32(4,5)6/h10-12,17-19,34H,13-16,20H2,1-9H3,(H,33,38). The predicted octanol–water partition coefficient (Wildman–Crippen LogP) is 4.80. The first-order chi connectivity index (χ1) is 19.9. The maximum absolute atomic E-state index is 13.7. The van der Waals surface area contributed by atoms with Crippen molar-refractivity contribution in [3.05, 3.63) is 53.2 Å². The number of methoxy groups -OCH3 is 1. The van der Waals surface area contributed by atoms with E-state index >= 15 is 0 Å². The van der Waals surface area contributed by atoms with Crippen molar-refractivity contribution >= 4 is 44.1 Å². The fourth-order valence-corrected chi connectivity index (χ4v) is 6.06. The van der Waals surface area contributed by atoms with E-state index in [1.165, 1.54) is 7.11 Å². The van der Waals surface area contributed by atoms with Crippen LogP contribution >= 0.6 is 0 Å². The van der Waals surface area contributed by atoms with Crippen molar-refractivity contribution in [2.75, 3.05) is 49.6 Å². The molecule has 0 saturated carbocycles. The van der Waals surface area contributed by atoms with Crippen LogP contribution in [-0.2, 0) is 33.8 Å². The van der Waals surface area contributed by atoms with Crippen LogP contribution < -0.4 is 14.8 Å². The molecule has 0 bridgehead atoms. The fourth-order valence-electron chi connectivity index (χ4n) is 5.51. The highest BCUT2D eigenvalue weighted by Gasteiger charge is 2.30. The Balaban J connectivity index is 1.62. The number of carbonyl (C=O) groups is 2. The Morgan fingerprint density at radius 2 is 1.58 bits per heavy atom. The summed E-state index contributed by atoms with van der Waals surface area (Å²) in [5, 5.41) is 3.92. The number of hydrogen-bond acceptors (Lipinski definition) is 6. The third-order valence-electron chi connectivity index (χ3n) is 7.77. The lowest BCUT2D eigenvalue weighted by Gasteiger charge is -2.37. The third-order valence-corrected chi connectivity index (χ3v) is 8.36. The zero-order valence-corrected chi connectivity index (χ0v) is 27.6. The number of benzene rings is 2. The molecular weight excluding hydrogens is 566 g/mol. The van der Waals surface area contributed by atoms with Crippen LogP contribution in [0.5, 0.6) is 5.75 Å². The quantitative estimate of drug-likeness (QED) is 0.397. The molecule has 1 fully saturated rings. The van der Waals surface area contributed by atoms with Gasteiger partial charge in [0, 0.05) is 50.6 Å². The summed E-state index contributed by atoms with van der Waals surface area (Å²) in [5.41, 5.74) is 3.28. The number of amides is 2. The van der Waals surface area contributed by atoms with Crippen molar-refractivity contribution in [3.63, 3.8) is 0 Å². The number of rotatable bonds is 7. The number of anilines is 2. The lowest BCUT2D eigenvalue weighted by Crippen LogP contribution is -2.51. The van der Waals surface area contributed by atoms with Gasteiger partial charge in [-0.3, -0.25) is 19.2 Å². The highest BCUT2D eigenvalue weighted by molar-refractivity contribution is 7.92. The van der Waals surface area contributed by atoms with Crippen molar-refractivity contribution < 1.29 is 22.7 Å². The van der Waals surface area contributed by atoms with E-state index in [4.69, 9.17) is 4.74 Å². The van der Waals surface area contributed by atoms with Crippen LogP contribution in [0.25, 0.3) is 10.9 Å². The number of sulfonamides is 1. The smallest absolute Gasteiger partial charge is 0.272 e. The van der Waals surface area contributed by atoms with Crippen LogP contribution in [0.1, 0.15) is 63.2 Å². The number of aryl methyl sites for hydroxylation is 1. The maximum Gasteiger partial charge on any atom is 0.272 e. The normalized spacial score (nSPS) is 15.0. The lowest BCUT2D eigenvalue weighted by molar-refractivity contribution is -0.141. The third kappa shape index (κ3) is 7.33. The summed E-state index contributed by atoms with van der Waals surface area (Å²) in [6.45, 7) is 15.5. The van der Waals surface area contributed by atoms with E-state index in [0.717, 1.165) is 41.4 Å². The molecule has 1 aliphatic heterocycles. The predicted molar refractivity (Wildman–Crippen MR) is 172 cm³/mol. The summed E-state index contributed by atoms with van der Waals surface area (Å²) in [6, 6.07) is 11.5. The number of fused-ring (bicyclic) bond motifs is 1. The highest BCUT2D eigenvalue weighted by Crippen LogP contribution is 2.39. The SMILES string of the molecule is COc1c(NC(=O)c2cc3cccc(CN4CCN(C(=O)C(C)(C)C)CC4)c3n2C)cc(C(C)(C)C)cc1NS(C)(=O)=O. The number of aromatic nitrogens is 1. The van der Waals surface area contributed by atoms with E-state index in [-0.39, 0.29) is 28.7 Å². The Labute approximate surface area is 255 Å². The lowest BCUT2D eigenvalue weighted by atomic mass is 9.86. The number of ether oxygens (including phenoxy) is 1. The molecule has 4 rings (SSSR count).